The number of fused-ring (bicyclic) bond motifs is 4. The minimum absolute atomic E-state index is 0.380. The maximum atomic E-state index is 2.46. The third-order valence-corrected chi connectivity index (χ3v) is 18.8. The number of nitrogens with zero attached hydrogens (tertiary/aromatic N) is 2. The van der Waals surface area contributed by atoms with E-state index in [9.17, 15) is 0 Å². The first kappa shape index (κ1) is 56.4. The summed E-state index contributed by atoms with van der Waals surface area (Å²) in [4.78, 5) is 4.92. The lowest BCUT2D eigenvalue weighted by Crippen LogP contribution is -2.18. The van der Waals surface area contributed by atoms with Gasteiger partial charge in [-0.3, -0.25) is 0 Å². The smallest absolute Gasteiger partial charge is 0.0473 e. The van der Waals surface area contributed by atoms with Crippen molar-refractivity contribution in [2.45, 2.75) is 19.3 Å². The molecule has 0 unspecified atom stereocenters. The van der Waals surface area contributed by atoms with E-state index < -0.39 is 0 Å². The van der Waals surface area contributed by atoms with Crippen LogP contribution in [0.5, 0.6) is 0 Å². The highest BCUT2D eigenvalue weighted by molar-refractivity contribution is 5.93. The molecule has 0 atom stereocenters. The molecular formula is C91H66N2. The number of anilines is 6. The highest BCUT2D eigenvalue weighted by Crippen LogP contribution is 2.53. The van der Waals surface area contributed by atoms with E-state index in [0.717, 1.165) is 61.9 Å². The molecule has 0 heterocycles. The first-order chi connectivity index (χ1) is 45.8. The summed E-state index contributed by atoms with van der Waals surface area (Å²) in [6, 6.07) is 134. The van der Waals surface area contributed by atoms with Gasteiger partial charge in [-0.05, 0) is 213 Å². The Morgan fingerprint density at radius 2 is 0.430 bits per heavy atom. The van der Waals surface area contributed by atoms with E-state index >= 15 is 0 Å². The van der Waals surface area contributed by atoms with Crippen LogP contribution in [0.15, 0.2) is 364 Å². The van der Waals surface area contributed by atoms with Crippen LogP contribution in [0, 0.1) is 0 Å². The Morgan fingerprint density at radius 3 is 0.774 bits per heavy atom. The molecule has 0 amide bonds. The van der Waals surface area contributed by atoms with Gasteiger partial charge in [0.05, 0.1) is 0 Å². The van der Waals surface area contributed by atoms with Crippen molar-refractivity contribution in [1.29, 1.82) is 0 Å². The van der Waals surface area contributed by atoms with Gasteiger partial charge in [0.1, 0.15) is 0 Å². The number of rotatable bonds is 14. The molecule has 440 valence electrons. The van der Waals surface area contributed by atoms with Crippen molar-refractivity contribution in [3.05, 3.63) is 375 Å². The van der Waals surface area contributed by atoms with Crippen LogP contribution in [0.4, 0.5) is 34.1 Å². The Hall–Kier alpha value is -11.8. The van der Waals surface area contributed by atoms with Gasteiger partial charge in [-0.15, -0.1) is 0 Å². The summed E-state index contributed by atoms with van der Waals surface area (Å²) in [6.45, 7) is 4.82. The van der Waals surface area contributed by atoms with Gasteiger partial charge in [-0.25, -0.2) is 0 Å². The average molecular weight is 1190 g/mol. The minimum atomic E-state index is -0.380. The Balaban J connectivity index is 0.801. The molecule has 0 aromatic heterocycles. The van der Waals surface area contributed by atoms with Crippen LogP contribution in [0.25, 0.3) is 111 Å². The molecule has 0 aliphatic heterocycles. The highest BCUT2D eigenvalue weighted by Gasteiger charge is 2.37. The second kappa shape index (κ2) is 24.2. The quantitative estimate of drug-likeness (QED) is 0.107. The molecule has 0 radical (unpaired) electrons. The summed E-state index contributed by atoms with van der Waals surface area (Å²) in [5.74, 6) is 0. The Kier molecular flexibility index (Phi) is 14.7. The molecule has 0 N–H and O–H groups in total. The predicted molar refractivity (Wildman–Crippen MR) is 394 cm³/mol. The van der Waals surface area contributed by atoms with E-state index in [1.165, 1.54) is 94.2 Å². The molecule has 1 aliphatic carbocycles. The van der Waals surface area contributed by atoms with Gasteiger partial charge in [0, 0.05) is 39.5 Å². The van der Waals surface area contributed by atoms with E-state index in [1.54, 1.807) is 0 Å². The van der Waals surface area contributed by atoms with Crippen LogP contribution in [0.3, 0.4) is 0 Å². The van der Waals surface area contributed by atoms with Crippen molar-refractivity contribution in [1.82, 2.24) is 0 Å². The van der Waals surface area contributed by atoms with Crippen molar-refractivity contribution in [2.75, 3.05) is 9.80 Å². The molecule has 16 rings (SSSR count). The summed E-state index contributed by atoms with van der Waals surface area (Å²) in [7, 11) is 0. The predicted octanol–water partition coefficient (Wildman–Crippen LogP) is 25.4. The summed E-state index contributed by atoms with van der Waals surface area (Å²) >= 11 is 0. The van der Waals surface area contributed by atoms with Gasteiger partial charge in [0.2, 0.25) is 0 Å². The van der Waals surface area contributed by atoms with Crippen molar-refractivity contribution in [2.24, 2.45) is 0 Å². The van der Waals surface area contributed by atoms with Gasteiger partial charge >= 0.3 is 0 Å². The van der Waals surface area contributed by atoms with Gasteiger partial charge in [-0.2, -0.15) is 0 Å². The maximum Gasteiger partial charge on any atom is 0.0473 e. The zero-order valence-corrected chi connectivity index (χ0v) is 52.0. The fourth-order valence-electron chi connectivity index (χ4n) is 13.9. The molecule has 0 saturated carbocycles. The van der Waals surface area contributed by atoms with E-state index in [1.807, 2.05) is 0 Å². The average Bonchev–Trinajstić information content (AvgIpc) is 1.58. The molecule has 15 aromatic rings. The lowest BCUT2D eigenvalue weighted by Gasteiger charge is -2.30. The molecule has 2 nitrogen and oxygen atoms in total. The van der Waals surface area contributed by atoms with Crippen LogP contribution in [-0.2, 0) is 5.41 Å². The lowest BCUT2D eigenvalue weighted by atomic mass is 9.82. The Morgan fingerprint density at radius 1 is 0.172 bits per heavy atom. The van der Waals surface area contributed by atoms with Crippen molar-refractivity contribution < 1.29 is 0 Å². The first-order valence-electron chi connectivity index (χ1n) is 32.2. The molecule has 1 aliphatic rings. The molecule has 15 aromatic carbocycles. The van der Waals surface area contributed by atoms with Crippen LogP contribution in [-0.4, -0.2) is 0 Å². The van der Waals surface area contributed by atoms with Crippen LogP contribution < -0.4 is 9.80 Å². The highest BCUT2D eigenvalue weighted by atomic mass is 15.1. The van der Waals surface area contributed by atoms with Gasteiger partial charge in [-0.1, -0.05) is 287 Å². The third kappa shape index (κ3) is 11.1. The van der Waals surface area contributed by atoms with Crippen molar-refractivity contribution in [3.8, 4) is 100 Å². The second-order valence-corrected chi connectivity index (χ2v) is 24.9. The molecule has 0 spiro atoms. The zero-order valence-electron chi connectivity index (χ0n) is 52.0. The normalized spacial score (nSPS) is 12.1. The SMILES string of the molecule is CC1(C)c2cc(N(c3ccc(-c4ccc(-c5ccccc5)cc4)cc3)c3cc(-c4ccccc4)cc(-c4ccccc4)c3)ccc2-c2ccc(N(c3ccc(-c4ccc(-c5ccc6ccccc6c5)cc4)cc3)c3cc(-c4ccccc4)cc(-c4ccccc4)c3)cc21. The monoisotopic (exact) mass is 1190 g/mol. The summed E-state index contributed by atoms with van der Waals surface area (Å²) in [5, 5.41) is 2.50. The van der Waals surface area contributed by atoms with Crippen LogP contribution in [0.2, 0.25) is 0 Å². The molecular weight excluding hydrogens is 1120 g/mol. The number of benzene rings is 15. The Bertz CT molecular complexity index is 5040. The molecule has 2 heteroatoms. The van der Waals surface area contributed by atoms with E-state index in [4.69, 9.17) is 0 Å². The molecule has 93 heavy (non-hydrogen) atoms. The van der Waals surface area contributed by atoms with Gasteiger partial charge < -0.3 is 9.80 Å². The fourth-order valence-corrected chi connectivity index (χ4v) is 13.9. The topological polar surface area (TPSA) is 6.48 Å². The standard InChI is InChI=1S/C91H66N2/c1-91(2)89-61-83(92(81-46-42-72(43-47-81)70-34-32-69(33-35-70)63-20-8-3-9-21-63)85-57-77(64-22-10-4-11-23-64)55-78(58-85)65-24-12-5-13-25-65)50-52-87(89)88-53-51-84(62-90(88)91)93(86-59-79(66-26-14-6-15-27-66)56-80(60-86)67-28-16-7-17-29-67)82-48-44-73(45-49-82)71-36-38-74(39-37-71)76-41-40-68-30-18-19-31-75(68)54-76/h3-62H,1-2H3. The van der Waals surface area contributed by atoms with Gasteiger partial charge in [0.15, 0.2) is 0 Å². The lowest BCUT2D eigenvalue weighted by molar-refractivity contribution is 0.660. The van der Waals surface area contributed by atoms with Crippen molar-refractivity contribution in [3.63, 3.8) is 0 Å². The maximum absolute atomic E-state index is 2.46. The van der Waals surface area contributed by atoms with E-state index in [-0.39, 0.29) is 5.41 Å². The summed E-state index contributed by atoms with van der Waals surface area (Å²) < 4.78 is 0. The van der Waals surface area contributed by atoms with E-state index in [0.29, 0.717) is 0 Å². The van der Waals surface area contributed by atoms with Crippen LogP contribution >= 0.6 is 0 Å². The first-order valence-corrected chi connectivity index (χ1v) is 32.2. The third-order valence-electron chi connectivity index (χ3n) is 18.8. The van der Waals surface area contributed by atoms with Gasteiger partial charge in [0.25, 0.3) is 0 Å². The Labute approximate surface area is 545 Å². The van der Waals surface area contributed by atoms with Crippen molar-refractivity contribution >= 4 is 44.9 Å². The fraction of sp³-hybridized carbons (Fsp3) is 0.0330. The largest absolute Gasteiger partial charge is 0.310 e. The molecule has 0 saturated heterocycles. The summed E-state index contributed by atoms with van der Waals surface area (Å²) in [5.41, 5.74) is 30.0. The zero-order chi connectivity index (χ0) is 62.2. The molecule has 0 bridgehead atoms. The molecule has 0 fully saturated rings. The van der Waals surface area contributed by atoms with Crippen LogP contribution in [0.1, 0.15) is 25.0 Å². The summed E-state index contributed by atoms with van der Waals surface area (Å²) in [6.07, 6.45) is 0. The number of hydrogen-bond acceptors (Lipinski definition) is 2. The van der Waals surface area contributed by atoms with E-state index in [2.05, 4.69) is 388 Å². The number of hydrogen-bond donors (Lipinski definition) is 0. The second-order valence-electron chi connectivity index (χ2n) is 24.9. The minimum Gasteiger partial charge on any atom is -0.310 e.